The highest BCUT2D eigenvalue weighted by atomic mass is 15.3. The molecule has 3 rings (SSSR count). The molecule has 1 atom stereocenters. The summed E-state index contributed by atoms with van der Waals surface area (Å²) in [5.74, 6) is 1.64. The van der Waals surface area contributed by atoms with Crippen LogP contribution >= 0.6 is 0 Å². The summed E-state index contributed by atoms with van der Waals surface area (Å²) in [5, 5.41) is 7.81. The van der Waals surface area contributed by atoms with Crippen molar-refractivity contribution in [1.82, 2.24) is 29.8 Å². The first-order chi connectivity index (χ1) is 12.7. The zero-order chi connectivity index (χ0) is 18.4. The summed E-state index contributed by atoms with van der Waals surface area (Å²) < 4.78 is 1.90. The van der Waals surface area contributed by atoms with Crippen LogP contribution in [0.5, 0.6) is 0 Å². The van der Waals surface area contributed by atoms with Crippen LogP contribution in [0.25, 0.3) is 0 Å². The van der Waals surface area contributed by atoms with E-state index in [2.05, 4.69) is 45.3 Å². The van der Waals surface area contributed by atoms with Crippen LogP contribution in [-0.4, -0.2) is 96.4 Å². The first-order valence-electron chi connectivity index (χ1n) is 10.1. The lowest BCUT2D eigenvalue weighted by molar-refractivity contribution is 0.283. The number of nitrogens with one attached hydrogen (secondary N) is 1. The number of hydrogen-bond acceptors (Lipinski definition) is 4. The minimum Gasteiger partial charge on any atom is -0.357 e. The smallest absolute Gasteiger partial charge is 0.193 e. The molecule has 0 saturated carbocycles. The van der Waals surface area contributed by atoms with E-state index in [-0.39, 0.29) is 0 Å². The van der Waals surface area contributed by atoms with Crippen molar-refractivity contribution in [2.75, 3.05) is 66.0 Å². The van der Waals surface area contributed by atoms with E-state index in [0.29, 0.717) is 5.92 Å². The van der Waals surface area contributed by atoms with Crippen molar-refractivity contribution < 1.29 is 0 Å². The summed E-state index contributed by atoms with van der Waals surface area (Å²) in [5.41, 5.74) is 1.35. The Morgan fingerprint density at radius 1 is 1.23 bits per heavy atom. The van der Waals surface area contributed by atoms with Crippen molar-refractivity contribution in [3.63, 3.8) is 0 Å². The summed E-state index contributed by atoms with van der Waals surface area (Å²) >= 11 is 0. The number of guanidine groups is 1. The third-order valence-electron chi connectivity index (χ3n) is 5.51. The van der Waals surface area contributed by atoms with E-state index in [4.69, 9.17) is 4.99 Å². The SMILES string of the molecule is CCNC(=NCCN1CCCN(C)CC1)N1CCC(c2cnn(C)c2)C1. The molecule has 0 aromatic carbocycles. The number of aliphatic imine (C=N–C) groups is 1. The van der Waals surface area contributed by atoms with E-state index in [1.807, 2.05) is 17.9 Å². The van der Waals surface area contributed by atoms with Gasteiger partial charge >= 0.3 is 0 Å². The van der Waals surface area contributed by atoms with Crippen molar-refractivity contribution in [2.45, 2.75) is 25.7 Å². The molecule has 1 aromatic rings. The second-order valence-electron chi connectivity index (χ2n) is 7.61. The lowest BCUT2D eigenvalue weighted by Gasteiger charge is -2.23. The summed E-state index contributed by atoms with van der Waals surface area (Å²) in [4.78, 5) is 12.3. The molecule has 7 heteroatoms. The molecule has 1 aromatic heterocycles. The Kier molecular flexibility index (Phi) is 6.91. The van der Waals surface area contributed by atoms with E-state index < -0.39 is 0 Å². The van der Waals surface area contributed by atoms with Crippen LogP contribution in [0.3, 0.4) is 0 Å². The molecule has 1 N–H and O–H groups in total. The van der Waals surface area contributed by atoms with Gasteiger partial charge in [-0.25, -0.2) is 0 Å². The number of likely N-dealkylation sites (N-methyl/N-ethyl adjacent to an activating group) is 1. The first-order valence-corrected chi connectivity index (χ1v) is 10.1. The average Bonchev–Trinajstić information content (AvgIpc) is 3.22. The molecule has 1 unspecified atom stereocenters. The number of aryl methyl sites for hydroxylation is 1. The van der Waals surface area contributed by atoms with Gasteiger partial charge in [0.1, 0.15) is 0 Å². The molecule has 146 valence electrons. The van der Waals surface area contributed by atoms with Gasteiger partial charge in [-0.15, -0.1) is 0 Å². The number of aromatic nitrogens is 2. The maximum absolute atomic E-state index is 4.93. The normalized spacial score (nSPS) is 23.4. The molecule has 7 nitrogen and oxygen atoms in total. The minimum absolute atomic E-state index is 0.564. The summed E-state index contributed by atoms with van der Waals surface area (Å²) in [7, 11) is 4.21. The molecule has 2 aliphatic rings. The van der Waals surface area contributed by atoms with E-state index in [0.717, 1.165) is 45.2 Å². The van der Waals surface area contributed by atoms with Gasteiger partial charge in [-0.3, -0.25) is 9.67 Å². The fraction of sp³-hybridized carbons (Fsp3) is 0.789. The van der Waals surface area contributed by atoms with Crippen LogP contribution in [0.15, 0.2) is 17.4 Å². The molecule has 2 aliphatic heterocycles. The predicted octanol–water partition coefficient (Wildman–Crippen LogP) is 0.812. The summed E-state index contributed by atoms with van der Waals surface area (Å²) in [6.07, 6.45) is 6.59. The molecule has 0 spiro atoms. The first kappa shape index (κ1) is 19.2. The average molecular weight is 362 g/mol. The van der Waals surface area contributed by atoms with Gasteiger partial charge in [0, 0.05) is 58.4 Å². The van der Waals surface area contributed by atoms with E-state index in [1.165, 1.54) is 38.0 Å². The van der Waals surface area contributed by atoms with Crippen LogP contribution in [0.2, 0.25) is 0 Å². The van der Waals surface area contributed by atoms with Crippen LogP contribution in [0.4, 0.5) is 0 Å². The van der Waals surface area contributed by atoms with E-state index in [9.17, 15) is 0 Å². The topological polar surface area (TPSA) is 51.9 Å². The molecule has 0 bridgehead atoms. The number of rotatable bonds is 5. The maximum Gasteiger partial charge on any atom is 0.193 e. The van der Waals surface area contributed by atoms with Gasteiger partial charge < -0.3 is 20.0 Å². The third-order valence-corrected chi connectivity index (χ3v) is 5.51. The van der Waals surface area contributed by atoms with Gasteiger partial charge in [-0.05, 0) is 45.5 Å². The lowest BCUT2D eigenvalue weighted by atomic mass is 10.0. The quantitative estimate of drug-likeness (QED) is 0.621. The molecule has 2 saturated heterocycles. The molecule has 3 heterocycles. The van der Waals surface area contributed by atoms with Crippen molar-refractivity contribution in [2.24, 2.45) is 12.0 Å². The highest BCUT2D eigenvalue weighted by molar-refractivity contribution is 5.80. The monoisotopic (exact) mass is 361 g/mol. The summed E-state index contributed by atoms with van der Waals surface area (Å²) in [6, 6.07) is 0. The zero-order valence-electron chi connectivity index (χ0n) is 16.7. The van der Waals surface area contributed by atoms with Crippen molar-refractivity contribution in [3.8, 4) is 0 Å². The fourth-order valence-electron chi connectivity index (χ4n) is 3.92. The van der Waals surface area contributed by atoms with Gasteiger partial charge in [0.2, 0.25) is 0 Å². The molecule has 0 radical (unpaired) electrons. The van der Waals surface area contributed by atoms with Crippen molar-refractivity contribution in [1.29, 1.82) is 0 Å². The standard InChI is InChI=1S/C19H35N7/c1-4-20-19(21-7-11-25-9-5-8-23(2)12-13-25)26-10-6-17(16-26)18-14-22-24(3)15-18/h14-15,17H,4-13,16H2,1-3H3,(H,20,21). The second kappa shape index (κ2) is 9.37. The Morgan fingerprint density at radius 3 is 2.88 bits per heavy atom. The van der Waals surface area contributed by atoms with Crippen LogP contribution < -0.4 is 5.32 Å². The molecule has 26 heavy (non-hydrogen) atoms. The Hall–Kier alpha value is -1.60. The van der Waals surface area contributed by atoms with Crippen LogP contribution in [0, 0.1) is 0 Å². The largest absolute Gasteiger partial charge is 0.357 e. The van der Waals surface area contributed by atoms with Gasteiger partial charge in [0.25, 0.3) is 0 Å². The molecular weight excluding hydrogens is 326 g/mol. The predicted molar refractivity (Wildman–Crippen MR) is 107 cm³/mol. The molecular formula is C19H35N7. The fourth-order valence-corrected chi connectivity index (χ4v) is 3.92. The Morgan fingerprint density at radius 2 is 2.12 bits per heavy atom. The molecule has 2 fully saturated rings. The number of nitrogens with zero attached hydrogens (tertiary/aromatic N) is 6. The second-order valence-corrected chi connectivity index (χ2v) is 7.61. The highest BCUT2D eigenvalue weighted by Gasteiger charge is 2.26. The maximum atomic E-state index is 4.93. The van der Waals surface area contributed by atoms with Crippen LogP contribution in [0.1, 0.15) is 31.2 Å². The molecule has 0 aliphatic carbocycles. The molecule has 0 amide bonds. The zero-order valence-corrected chi connectivity index (χ0v) is 16.7. The van der Waals surface area contributed by atoms with Gasteiger partial charge in [-0.1, -0.05) is 0 Å². The van der Waals surface area contributed by atoms with Crippen LogP contribution in [-0.2, 0) is 7.05 Å². The van der Waals surface area contributed by atoms with E-state index in [1.54, 1.807) is 0 Å². The van der Waals surface area contributed by atoms with E-state index >= 15 is 0 Å². The Bertz CT molecular complexity index is 582. The minimum atomic E-state index is 0.564. The Balaban J connectivity index is 1.52. The lowest BCUT2D eigenvalue weighted by Crippen LogP contribution is -2.40. The summed E-state index contributed by atoms with van der Waals surface area (Å²) in [6.45, 7) is 11.8. The van der Waals surface area contributed by atoms with Gasteiger partial charge in [-0.2, -0.15) is 5.10 Å². The van der Waals surface area contributed by atoms with Gasteiger partial charge in [0.15, 0.2) is 5.96 Å². The third kappa shape index (κ3) is 5.20. The number of hydrogen-bond donors (Lipinski definition) is 1. The van der Waals surface area contributed by atoms with Gasteiger partial charge in [0.05, 0.1) is 12.7 Å². The van der Waals surface area contributed by atoms with Crippen molar-refractivity contribution in [3.05, 3.63) is 18.0 Å². The van der Waals surface area contributed by atoms with Crippen molar-refractivity contribution >= 4 is 5.96 Å². The highest BCUT2D eigenvalue weighted by Crippen LogP contribution is 2.26. The Labute approximate surface area is 158 Å². The number of likely N-dealkylation sites (tertiary alicyclic amines) is 1.